The third-order valence-electron chi connectivity index (χ3n) is 6.31. The van der Waals surface area contributed by atoms with Crippen LogP contribution in [0.15, 0.2) is 42.5 Å². The van der Waals surface area contributed by atoms with Crippen LogP contribution in [0.1, 0.15) is 42.1 Å². The van der Waals surface area contributed by atoms with Crippen LogP contribution in [-0.4, -0.2) is 62.1 Å². The molecule has 2 aliphatic heterocycles. The van der Waals surface area contributed by atoms with Crippen LogP contribution in [0.2, 0.25) is 0 Å². The van der Waals surface area contributed by atoms with Crippen LogP contribution in [0.4, 0.5) is 5.69 Å². The predicted molar refractivity (Wildman–Crippen MR) is 126 cm³/mol. The minimum atomic E-state index is -0.504. The van der Waals surface area contributed by atoms with Crippen molar-refractivity contribution < 1.29 is 28.6 Å². The second kappa shape index (κ2) is 10.6. The molecule has 0 saturated carbocycles. The van der Waals surface area contributed by atoms with Gasteiger partial charge in [-0.1, -0.05) is 18.2 Å². The predicted octanol–water partition coefficient (Wildman–Crippen LogP) is 3.22. The molecule has 2 aliphatic rings. The first-order chi connectivity index (χ1) is 16.5. The molecule has 0 radical (unpaired) electrons. The van der Waals surface area contributed by atoms with Crippen LogP contribution in [0.5, 0.6) is 11.5 Å². The van der Waals surface area contributed by atoms with Crippen molar-refractivity contribution in [3.8, 4) is 11.5 Å². The average molecular weight is 467 g/mol. The number of fused-ring (bicyclic) bond motifs is 1. The highest BCUT2D eigenvalue weighted by atomic mass is 16.6. The lowest BCUT2D eigenvalue weighted by Crippen LogP contribution is -2.50. The molecular formula is C26H30N2O6. The lowest BCUT2D eigenvalue weighted by atomic mass is 9.95. The van der Waals surface area contributed by atoms with Gasteiger partial charge in [-0.05, 0) is 49.9 Å². The third kappa shape index (κ3) is 5.00. The Bertz CT molecular complexity index is 1060. The molecule has 8 nitrogen and oxygen atoms in total. The Labute approximate surface area is 199 Å². The van der Waals surface area contributed by atoms with Crippen LogP contribution >= 0.6 is 0 Å². The fourth-order valence-electron chi connectivity index (χ4n) is 4.62. The molecule has 34 heavy (non-hydrogen) atoms. The Morgan fingerprint density at radius 3 is 2.56 bits per heavy atom. The lowest BCUT2D eigenvalue weighted by Gasteiger charge is -2.41. The molecule has 0 bridgehead atoms. The summed E-state index contributed by atoms with van der Waals surface area (Å²) in [6.07, 6.45) is 2.68. The maximum Gasteiger partial charge on any atom is 0.344 e. The van der Waals surface area contributed by atoms with Gasteiger partial charge in [0, 0.05) is 37.3 Å². The topological polar surface area (TPSA) is 85.4 Å². The minimum absolute atomic E-state index is 0.0633. The number of esters is 1. The molecule has 0 unspecified atom stereocenters. The van der Waals surface area contributed by atoms with Gasteiger partial charge in [-0.2, -0.15) is 0 Å². The van der Waals surface area contributed by atoms with E-state index in [1.165, 1.54) is 12.7 Å². The van der Waals surface area contributed by atoms with Crippen molar-refractivity contribution in [3.63, 3.8) is 0 Å². The third-order valence-corrected chi connectivity index (χ3v) is 6.31. The van der Waals surface area contributed by atoms with E-state index >= 15 is 0 Å². The van der Waals surface area contributed by atoms with Crippen LogP contribution in [-0.2, 0) is 20.7 Å². The van der Waals surface area contributed by atoms with Crippen molar-refractivity contribution >= 4 is 23.5 Å². The van der Waals surface area contributed by atoms with E-state index in [4.69, 9.17) is 14.2 Å². The van der Waals surface area contributed by atoms with Gasteiger partial charge in [0.15, 0.2) is 6.61 Å². The Morgan fingerprint density at radius 1 is 1.06 bits per heavy atom. The highest BCUT2D eigenvalue weighted by molar-refractivity contribution is 5.98. The number of rotatable bonds is 7. The molecule has 0 aromatic heterocycles. The van der Waals surface area contributed by atoms with Crippen LogP contribution in [0.3, 0.4) is 0 Å². The van der Waals surface area contributed by atoms with Gasteiger partial charge in [-0.15, -0.1) is 0 Å². The summed E-state index contributed by atoms with van der Waals surface area (Å²) >= 11 is 0. The SMILES string of the molecule is CCOC(=O)COc1cc(OC)ccc1C(=O)N1CCC(N2C(=O)CCc3ccccc32)CC1. The molecular weight excluding hydrogens is 436 g/mol. The molecule has 0 atom stereocenters. The molecule has 2 heterocycles. The monoisotopic (exact) mass is 466 g/mol. The molecule has 2 aromatic rings. The van der Waals surface area contributed by atoms with Gasteiger partial charge in [-0.3, -0.25) is 9.59 Å². The number of ether oxygens (including phenoxy) is 3. The zero-order valence-corrected chi connectivity index (χ0v) is 19.6. The molecule has 2 aromatic carbocycles. The Balaban J connectivity index is 1.45. The van der Waals surface area contributed by atoms with Gasteiger partial charge in [-0.25, -0.2) is 4.79 Å². The largest absolute Gasteiger partial charge is 0.497 e. The van der Waals surface area contributed by atoms with Crippen molar-refractivity contribution in [3.05, 3.63) is 53.6 Å². The molecule has 4 rings (SSSR count). The first-order valence-corrected chi connectivity index (χ1v) is 11.7. The Kier molecular flexibility index (Phi) is 7.35. The van der Waals surface area contributed by atoms with Crippen molar-refractivity contribution in [2.75, 3.05) is 38.3 Å². The zero-order valence-electron chi connectivity index (χ0n) is 19.6. The van der Waals surface area contributed by atoms with Crippen molar-refractivity contribution in [1.29, 1.82) is 0 Å². The summed E-state index contributed by atoms with van der Waals surface area (Å²) in [6.45, 7) is 2.74. The van der Waals surface area contributed by atoms with Crippen LogP contribution in [0, 0.1) is 0 Å². The second-order valence-electron chi connectivity index (χ2n) is 8.37. The number of carbonyl (C=O) groups excluding carboxylic acids is 3. The number of benzene rings is 2. The van der Waals surface area contributed by atoms with E-state index < -0.39 is 5.97 Å². The lowest BCUT2D eigenvalue weighted by molar-refractivity contribution is -0.145. The highest BCUT2D eigenvalue weighted by Crippen LogP contribution is 2.33. The minimum Gasteiger partial charge on any atom is -0.497 e. The fourth-order valence-corrected chi connectivity index (χ4v) is 4.62. The number of para-hydroxylation sites is 1. The molecule has 8 heteroatoms. The van der Waals surface area contributed by atoms with Gasteiger partial charge in [0.25, 0.3) is 5.91 Å². The first-order valence-electron chi connectivity index (χ1n) is 11.7. The molecule has 2 amide bonds. The number of piperidine rings is 1. The summed E-state index contributed by atoms with van der Waals surface area (Å²) < 4.78 is 15.8. The second-order valence-corrected chi connectivity index (χ2v) is 8.37. The number of hydrogen-bond acceptors (Lipinski definition) is 6. The molecule has 1 saturated heterocycles. The number of methoxy groups -OCH3 is 1. The van der Waals surface area contributed by atoms with E-state index in [1.807, 2.05) is 23.1 Å². The van der Waals surface area contributed by atoms with Gasteiger partial charge < -0.3 is 24.0 Å². The summed E-state index contributed by atoms with van der Waals surface area (Å²) in [4.78, 5) is 41.5. The average Bonchev–Trinajstić information content (AvgIpc) is 2.87. The molecule has 0 aliphatic carbocycles. The van der Waals surface area contributed by atoms with Crippen molar-refractivity contribution in [2.45, 2.75) is 38.6 Å². The summed E-state index contributed by atoms with van der Waals surface area (Å²) in [5.41, 5.74) is 2.55. The van der Waals surface area contributed by atoms with Crippen LogP contribution in [0.25, 0.3) is 0 Å². The summed E-state index contributed by atoms with van der Waals surface area (Å²) in [5.74, 6) is 0.269. The number of anilines is 1. The van der Waals surface area contributed by atoms with E-state index in [0.29, 0.717) is 43.7 Å². The zero-order chi connectivity index (χ0) is 24.1. The van der Waals surface area contributed by atoms with Gasteiger partial charge >= 0.3 is 5.97 Å². The molecule has 0 spiro atoms. The number of aryl methyl sites for hydroxylation is 1. The number of amides is 2. The number of hydrogen-bond donors (Lipinski definition) is 0. The van der Waals surface area contributed by atoms with Crippen molar-refractivity contribution in [1.82, 2.24) is 4.90 Å². The maximum absolute atomic E-state index is 13.3. The standard InChI is InChI=1S/C26H30N2O6/c1-3-33-25(30)17-34-23-16-20(32-2)9-10-21(23)26(31)27-14-12-19(13-15-27)28-22-7-5-4-6-18(22)8-11-24(28)29/h4-7,9-10,16,19H,3,8,11-15,17H2,1-2H3. The maximum atomic E-state index is 13.3. The van der Waals surface area contributed by atoms with Crippen molar-refractivity contribution in [2.24, 2.45) is 0 Å². The normalized spacial score (nSPS) is 16.1. The Morgan fingerprint density at radius 2 is 1.82 bits per heavy atom. The van der Waals surface area contributed by atoms with Gasteiger partial charge in [0.2, 0.25) is 5.91 Å². The summed E-state index contributed by atoms with van der Waals surface area (Å²) in [6, 6.07) is 13.1. The number of likely N-dealkylation sites (tertiary alicyclic amines) is 1. The number of carbonyl (C=O) groups is 3. The summed E-state index contributed by atoms with van der Waals surface area (Å²) in [7, 11) is 1.52. The molecule has 0 N–H and O–H groups in total. The molecule has 180 valence electrons. The quantitative estimate of drug-likeness (QED) is 0.583. The number of nitrogens with zero attached hydrogens (tertiary/aromatic N) is 2. The fraction of sp³-hybridized carbons (Fsp3) is 0.423. The highest BCUT2D eigenvalue weighted by Gasteiger charge is 2.34. The van der Waals surface area contributed by atoms with E-state index in [1.54, 1.807) is 30.0 Å². The van der Waals surface area contributed by atoms with Gasteiger partial charge in [0.05, 0.1) is 19.3 Å². The van der Waals surface area contributed by atoms with E-state index in [-0.39, 0.29) is 36.8 Å². The van der Waals surface area contributed by atoms with E-state index in [9.17, 15) is 14.4 Å². The van der Waals surface area contributed by atoms with Gasteiger partial charge in [0.1, 0.15) is 11.5 Å². The first kappa shape index (κ1) is 23.6. The Hall–Kier alpha value is -3.55. The molecule has 1 fully saturated rings. The smallest absolute Gasteiger partial charge is 0.344 e. The van der Waals surface area contributed by atoms with E-state index in [2.05, 4.69) is 6.07 Å². The van der Waals surface area contributed by atoms with Crippen LogP contribution < -0.4 is 14.4 Å². The summed E-state index contributed by atoms with van der Waals surface area (Å²) in [5, 5.41) is 0. The van der Waals surface area contributed by atoms with E-state index in [0.717, 1.165) is 12.1 Å².